The van der Waals surface area contributed by atoms with Crippen molar-refractivity contribution >= 4 is 11.9 Å². The van der Waals surface area contributed by atoms with E-state index in [0.29, 0.717) is 17.9 Å². The number of benzene rings is 1. The van der Waals surface area contributed by atoms with Crippen LogP contribution in [0.1, 0.15) is 23.7 Å². The maximum absolute atomic E-state index is 11.8. The van der Waals surface area contributed by atoms with E-state index in [1.165, 1.54) is 7.11 Å². The molecular weight excluding hydrogens is 234 g/mol. The third-order valence-electron chi connectivity index (χ3n) is 2.27. The molecule has 1 N–H and O–H groups in total. The molecule has 5 nitrogen and oxygen atoms in total. The molecule has 0 unspecified atom stereocenters. The number of ether oxygens (including phenoxy) is 2. The lowest BCUT2D eigenvalue weighted by atomic mass is 10.2. The zero-order valence-corrected chi connectivity index (χ0v) is 10.6. The van der Waals surface area contributed by atoms with E-state index in [2.05, 4.69) is 5.32 Å². The number of nitrogens with one attached hydrogen (secondary N) is 1. The van der Waals surface area contributed by atoms with Crippen LogP contribution in [0.25, 0.3) is 0 Å². The van der Waals surface area contributed by atoms with Crippen LogP contribution < -0.4 is 10.1 Å². The minimum Gasteiger partial charge on any atom is -0.496 e. The number of amides is 1. The monoisotopic (exact) mass is 251 g/mol. The molecule has 0 atom stereocenters. The van der Waals surface area contributed by atoms with Crippen molar-refractivity contribution < 1.29 is 19.1 Å². The Kier molecular flexibility index (Phi) is 5.70. The standard InChI is InChI=1S/C13H17NO4/c1-3-18-12(15)8-9-14-13(16)10-6-4-5-7-11(10)17-2/h4-7H,3,8-9H2,1-2H3,(H,14,16). The molecule has 18 heavy (non-hydrogen) atoms. The molecule has 0 fully saturated rings. The van der Waals surface area contributed by atoms with E-state index in [4.69, 9.17) is 9.47 Å². The third-order valence-corrected chi connectivity index (χ3v) is 2.27. The third kappa shape index (κ3) is 4.08. The van der Waals surface area contributed by atoms with Gasteiger partial charge in [0.15, 0.2) is 0 Å². The molecule has 0 saturated heterocycles. The molecular formula is C13H17NO4. The highest BCUT2D eigenvalue weighted by atomic mass is 16.5. The number of esters is 1. The Balaban J connectivity index is 2.48. The summed E-state index contributed by atoms with van der Waals surface area (Å²) >= 11 is 0. The van der Waals surface area contributed by atoms with Crippen molar-refractivity contribution in [2.24, 2.45) is 0 Å². The highest BCUT2D eigenvalue weighted by Gasteiger charge is 2.11. The van der Waals surface area contributed by atoms with Gasteiger partial charge in [0.1, 0.15) is 5.75 Å². The molecule has 5 heteroatoms. The van der Waals surface area contributed by atoms with Gasteiger partial charge in [0.2, 0.25) is 0 Å². The summed E-state index contributed by atoms with van der Waals surface area (Å²) in [6, 6.07) is 6.91. The highest BCUT2D eigenvalue weighted by Crippen LogP contribution is 2.16. The number of carbonyl (C=O) groups excluding carboxylic acids is 2. The van der Waals surface area contributed by atoms with Gasteiger partial charge in [0.25, 0.3) is 5.91 Å². The Bertz CT molecular complexity index is 417. The number of para-hydroxylation sites is 1. The lowest BCUT2D eigenvalue weighted by Gasteiger charge is -2.08. The summed E-state index contributed by atoms with van der Waals surface area (Å²) in [5, 5.41) is 2.64. The number of methoxy groups -OCH3 is 1. The first-order valence-corrected chi connectivity index (χ1v) is 5.75. The number of hydrogen-bond acceptors (Lipinski definition) is 4. The topological polar surface area (TPSA) is 64.6 Å². The normalized spacial score (nSPS) is 9.67. The Hall–Kier alpha value is -2.04. The molecule has 1 aromatic rings. The summed E-state index contributed by atoms with van der Waals surface area (Å²) in [5.41, 5.74) is 0.448. The van der Waals surface area contributed by atoms with E-state index in [1.807, 2.05) is 0 Å². The number of carbonyl (C=O) groups is 2. The first-order chi connectivity index (χ1) is 8.69. The van der Waals surface area contributed by atoms with Gasteiger partial charge in [-0.3, -0.25) is 9.59 Å². The van der Waals surface area contributed by atoms with E-state index in [0.717, 1.165) is 0 Å². The van der Waals surface area contributed by atoms with Crippen molar-refractivity contribution in [3.05, 3.63) is 29.8 Å². The van der Waals surface area contributed by atoms with Crippen LogP contribution in [0.4, 0.5) is 0 Å². The fourth-order valence-electron chi connectivity index (χ4n) is 1.44. The molecule has 0 heterocycles. The van der Waals surface area contributed by atoms with Crippen molar-refractivity contribution in [2.75, 3.05) is 20.3 Å². The van der Waals surface area contributed by atoms with Gasteiger partial charge in [-0.05, 0) is 19.1 Å². The van der Waals surface area contributed by atoms with E-state index >= 15 is 0 Å². The molecule has 98 valence electrons. The molecule has 0 radical (unpaired) electrons. The summed E-state index contributed by atoms with van der Waals surface area (Å²) < 4.78 is 9.84. The van der Waals surface area contributed by atoms with Gasteiger partial charge < -0.3 is 14.8 Å². The van der Waals surface area contributed by atoms with E-state index in [9.17, 15) is 9.59 Å². The summed E-state index contributed by atoms with van der Waals surface area (Å²) in [4.78, 5) is 22.9. The minimum atomic E-state index is -0.321. The van der Waals surface area contributed by atoms with E-state index in [-0.39, 0.29) is 24.8 Å². The maximum atomic E-state index is 11.8. The zero-order valence-electron chi connectivity index (χ0n) is 10.6. The molecule has 0 bridgehead atoms. The molecule has 1 rings (SSSR count). The smallest absolute Gasteiger partial charge is 0.307 e. The fourth-order valence-corrected chi connectivity index (χ4v) is 1.44. The second kappa shape index (κ2) is 7.32. The molecule has 0 spiro atoms. The van der Waals surface area contributed by atoms with Gasteiger partial charge in [-0.2, -0.15) is 0 Å². The van der Waals surface area contributed by atoms with Gasteiger partial charge in [-0.15, -0.1) is 0 Å². The van der Waals surface area contributed by atoms with E-state index in [1.54, 1.807) is 31.2 Å². The second-order valence-electron chi connectivity index (χ2n) is 3.51. The van der Waals surface area contributed by atoms with Crippen molar-refractivity contribution in [3.63, 3.8) is 0 Å². The van der Waals surface area contributed by atoms with Gasteiger partial charge in [-0.25, -0.2) is 0 Å². The van der Waals surface area contributed by atoms with Crippen LogP contribution >= 0.6 is 0 Å². The quantitative estimate of drug-likeness (QED) is 0.776. The molecule has 0 saturated carbocycles. The first kappa shape index (κ1) is 14.0. The van der Waals surface area contributed by atoms with Crippen LogP contribution in [0.5, 0.6) is 5.75 Å². The van der Waals surface area contributed by atoms with Crippen molar-refractivity contribution in [3.8, 4) is 5.75 Å². The zero-order chi connectivity index (χ0) is 13.4. The molecule has 0 aliphatic heterocycles. The van der Waals surface area contributed by atoms with E-state index < -0.39 is 0 Å². The van der Waals surface area contributed by atoms with Crippen LogP contribution in [0.3, 0.4) is 0 Å². The SMILES string of the molecule is CCOC(=O)CCNC(=O)c1ccccc1OC. The van der Waals surface area contributed by atoms with Crippen LogP contribution in [-0.2, 0) is 9.53 Å². The molecule has 0 aromatic heterocycles. The second-order valence-corrected chi connectivity index (χ2v) is 3.51. The van der Waals surface area contributed by atoms with Crippen molar-refractivity contribution in [1.82, 2.24) is 5.32 Å². The van der Waals surface area contributed by atoms with Crippen LogP contribution in [0.15, 0.2) is 24.3 Å². The predicted molar refractivity (Wildman–Crippen MR) is 66.6 cm³/mol. The minimum absolute atomic E-state index is 0.161. The predicted octanol–water partition coefficient (Wildman–Crippen LogP) is 1.38. The molecule has 1 aromatic carbocycles. The van der Waals surface area contributed by atoms with Crippen molar-refractivity contribution in [2.45, 2.75) is 13.3 Å². The van der Waals surface area contributed by atoms with Crippen LogP contribution in [0.2, 0.25) is 0 Å². The number of rotatable bonds is 6. The first-order valence-electron chi connectivity index (χ1n) is 5.75. The molecule has 0 aliphatic rings. The molecule has 0 aliphatic carbocycles. The number of hydrogen-bond donors (Lipinski definition) is 1. The summed E-state index contributed by atoms with van der Waals surface area (Å²) in [7, 11) is 1.50. The summed E-state index contributed by atoms with van der Waals surface area (Å²) in [6.45, 7) is 2.33. The lowest BCUT2D eigenvalue weighted by molar-refractivity contribution is -0.142. The van der Waals surface area contributed by atoms with Gasteiger partial charge in [0.05, 0.1) is 25.7 Å². The summed E-state index contributed by atoms with van der Waals surface area (Å²) in [5.74, 6) is -0.0827. The average Bonchev–Trinajstić information content (AvgIpc) is 2.38. The lowest BCUT2D eigenvalue weighted by Crippen LogP contribution is -2.26. The fraction of sp³-hybridized carbons (Fsp3) is 0.385. The Morgan fingerprint density at radius 1 is 1.28 bits per heavy atom. The van der Waals surface area contributed by atoms with Crippen LogP contribution in [-0.4, -0.2) is 32.1 Å². The van der Waals surface area contributed by atoms with Crippen molar-refractivity contribution in [1.29, 1.82) is 0 Å². The van der Waals surface area contributed by atoms with Gasteiger partial charge >= 0.3 is 5.97 Å². The molecule has 1 amide bonds. The Morgan fingerprint density at radius 3 is 2.67 bits per heavy atom. The van der Waals surface area contributed by atoms with Gasteiger partial charge in [0, 0.05) is 6.54 Å². The maximum Gasteiger partial charge on any atom is 0.307 e. The Morgan fingerprint density at radius 2 is 2.00 bits per heavy atom. The van der Waals surface area contributed by atoms with Crippen LogP contribution in [0, 0.1) is 0 Å². The summed E-state index contributed by atoms with van der Waals surface area (Å²) in [6.07, 6.45) is 0.161. The Labute approximate surface area is 106 Å². The van der Waals surface area contributed by atoms with Gasteiger partial charge in [-0.1, -0.05) is 12.1 Å². The highest BCUT2D eigenvalue weighted by molar-refractivity contribution is 5.97. The largest absolute Gasteiger partial charge is 0.496 e. The average molecular weight is 251 g/mol.